The third-order valence-corrected chi connectivity index (χ3v) is 2.59. The fraction of sp³-hybridized carbons (Fsp3) is 0.364. The number of hydrogen-bond donors (Lipinski definition) is 0. The average molecular weight is 209 g/mol. The minimum atomic E-state index is 0.420. The van der Waals surface area contributed by atoms with Gasteiger partial charge in [-0.25, -0.2) is 4.98 Å². The first-order chi connectivity index (χ1) is 6.74. The molecule has 0 saturated carbocycles. The quantitative estimate of drug-likeness (QED) is 0.693. The van der Waals surface area contributed by atoms with E-state index >= 15 is 0 Å². The van der Waals surface area contributed by atoms with Crippen molar-refractivity contribution in [3.8, 4) is 0 Å². The van der Waals surface area contributed by atoms with Gasteiger partial charge in [0.25, 0.3) is 0 Å². The molecule has 0 amide bonds. The molecule has 0 atom stereocenters. The summed E-state index contributed by atoms with van der Waals surface area (Å²) in [6, 6.07) is 5.99. The third-order valence-electron chi connectivity index (χ3n) is 2.33. The molecule has 0 aliphatic rings. The minimum absolute atomic E-state index is 0.420. The number of alkyl halides is 1. The molecule has 2 heterocycles. The van der Waals surface area contributed by atoms with Gasteiger partial charge in [0.05, 0.1) is 17.3 Å². The van der Waals surface area contributed by atoms with Crippen LogP contribution in [0.1, 0.15) is 31.2 Å². The zero-order valence-electron chi connectivity index (χ0n) is 8.37. The highest BCUT2D eigenvalue weighted by Crippen LogP contribution is 2.21. The Morgan fingerprint density at radius 2 is 2.21 bits per heavy atom. The van der Waals surface area contributed by atoms with E-state index in [9.17, 15) is 0 Å². The van der Waals surface area contributed by atoms with E-state index in [0.29, 0.717) is 11.8 Å². The van der Waals surface area contributed by atoms with Gasteiger partial charge in [0, 0.05) is 6.20 Å². The molecule has 0 bridgehead atoms. The van der Waals surface area contributed by atoms with Gasteiger partial charge in [-0.05, 0) is 18.1 Å². The second kappa shape index (κ2) is 3.62. The van der Waals surface area contributed by atoms with E-state index in [4.69, 9.17) is 11.6 Å². The molecule has 0 unspecified atom stereocenters. The molecule has 3 heteroatoms. The monoisotopic (exact) mass is 208 g/mol. The predicted octanol–water partition coefficient (Wildman–Crippen LogP) is 3.20. The molecule has 0 saturated heterocycles. The van der Waals surface area contributed by atoms with Crippen molar-refractivity contribution in [3.63, 3.8) is 0 Å². The van der Waals surface area contributed by atoms with Gasteiger partial charge in [-0.2, -0.15) is 0 Å². The largest absolute Gasteiger partial charge is 0.303 e. The van der Waals surface area contributed by atoms with Crippen molar-refractivity contribution < 1.29 is 0 Å². The van der Waals surface area contributed by atoms with E-state index in [-0.39, 0.29) is 0 Å². The minimum Gasteiger partial charge on any atom is -0.303 e. The number of hydrogen-bond acceptors (Lipinski definition) is 1. The highest BCUT2D eigenvalue weighted by Gasteiger charge is 2.12. The summed E-state index contributed by atoms with van der Waals surface area (Å²) in [5.74, 6) is 0.933. The van der Waals surface area contributed by atoms with Crippen LogP contribution in [0.15, 0.2) is 24.4 Å². The second-order valence-electron chi connectivity index (χ2n) is 3.66. The standard InChI is InChI=1S/C11H13ClN2/c1-8(2)11-9(7-12)14-6-4-3-5-10(14)13-11/h3-6,8H,7H2,1-2H3. The van der Waals surface area contributed by atoms with E-state index < -0.39 is 0 Å². The Kier molecular flexibility index (Phi) is 2.46. The molecule has 2 aromatic heterocycles. The van der Waals surface area contributed by atoms with E-state index in [1.165, 1.54) is 0 Å². The first-order valence-electron chi connectivity index (χ1n) is 4.76. The summed E-state index contributed by atoms with van der Waals surface area (Å²) in [5.41, 5.74) is 3.19. The van der Waals surface area contributed by atoms with Gasteiger partial charge in [-0.3, -0.25) is 0 Å². The normalized spacial score (nSPS) is 11.4. The van der Waals surface area contributed by atoms with Crippen LogP contribution in [-0.2, 0) is 5.88 Å². The fourth-order valence-corrected chi connectivity index (χ4v) is 1.93. The molecule has 14 heavy (non-hydrogen) atoms. The van der Waals surface area contributed by atoms with Crippen LogP contribution in [0, 0.1) is 0 Å². The highest BCUT2D eigenvalue weighted by molar-refractivity contribution is 6.17. The maximum Gasteiger partial charge on any atom is 0.137 e. The Bertz CT molecular complexity index is 445. The first kappa shape index (κ1) is 9.53. The number of imidazole rings is 1. The lowest BCUT2D eigenvalue weighted by molar-refractivity contribution is 0.818. The number of fused-ring (bicyclic) bond motifs is 1. The van der Waals surface area contributed by atoms with Crippen molar-refractivity contribution in [1.29, 1.82) is 0 Å². The van der Waals surface area contributed by atoms with Crippen LogP contribution in [0.5, 0.6) is 0 Å². The highest BCUT2D eigenvalue weighted by atomic mass is 35.5. The van der Waals surface area contributed by atoms with Crippen molar-refractivity contribution in [2.75, 3.05) is 0 Å². The lowest BCUT2D eigenvalue weighted by Gasteiger charge is -2.02. The summed E-state index contributed by atoms with van der Waals surface area (Å²) in [6.45, 7) is 4.27. The molecule has 0 aromatic carbocycles. The fourth-order valence-electron chi connectivity index (χ4n) is 1.66. The van der Waals surface area contributed by atoms with Crippen LogP contribution in [0.4, 0.5) is 0 Å². The van der Waals surface area contributed by atoms with Crippen LogP contribution in [0.3, 0.4) is 0 Å². The Hall–Kier alpha value is -1.02. The van der Waals surface area contributed by atoms with E-state index in [1.54, 1.807) is 0 Å². The van der Waals surface area contributed by atoms with Crippen LogP contribution in [0.2, 0.25) is 0 Å². The maximum absolute atomic E-state index is 5.94. The van der Waals surface area contributed by atoms with Gasteiger partial charge in [0.2, 0.25) is 0 Å². The van der Waals surface area contributed by atoms with Gasteiger partial charge < -0.3 is 4.40 Å². The van der Waals surface area contributed by atoms with Gasteiger partial charge in [0.1, 0.15) is 5.65 Å². The lowest BCUT2D eigenvalue weighted by Crippen LogP contribution is -1.95. The van der Waals surface area contributed by atoms with Crippen LogP contribution in [-0.4, -0.2) is 9.38 Å². The number of nitrogens with zero attached hydrogens (tertiary/aromatic N) is 2. The summed E-state index contributed by atoms with van der Waals surface area (Å²) in [7, 11) is 0. The Morgan fingerprint density at radius 1 is 1.43 bits per heavy atom. The molecule has 2 aromatic rings. The van der Waals surface area contributed by atoms with Crippen molar-refractivity contribution >= 4 is 17.2 Å². The molecule has 0 spiro atoms. The first-order valence-corrected chi connectivity index (χ1v) is 5.29. The van der Waals surface area contributed by atoms with Crippen LogP contribution < -0.4 is 0 Å². The van der Waals surface area contributed by atoms with Gasteiger partial charge in [-0.1, -0.05) is 19.9 Å². The Balaban J connectivity index is 2.72. The molecule has 0 aliphatic heterocycles. The van der Waals surface area contributed by atoms with Crippen LogP contribution in [0.25, 0.3) is 5.65 Å². The predicted molar refractivity (Wildman–Crippen MR) is 58.8 cm³/mol. The van der Waals surface area contributed by atoms with Gasteiger partial charge in [-0.15, -0.1) is 11.6 Å². The van der Waals surface area contributed by atoms with Crippen molar-refractivity contribution in [3.05, 3.63) is 35.8 Å². The summed E-state index contributed by atoms with van der Waals surface area (Å²) in [4.78, 5) is 4.56. The molecule has 0 N–H and O–H groups in total. The molecule has 2 nitrogen and oxygen atoms in total. The second-order valence-corrected chi connectivity index (χ2v) is 3.93. The maximum atomic E-state index is 5.94. The number of rotatable bonds is 2. The molecular formula is C11H13ClN2. The molecule has 0 radical (unpaired) electrons. The summed E-state index contributed by atoms with van der Waals surface area (Å²) >= 11 is 5.94. The summed E-state index contributed by atoms with van der Waals surface area (Å²) in [6.07, 6.45) is 2.01. The number of halogens is 1. The van der Waals surface area contributed by atoms with Gasteiger partial charge in [0.15, 0.2) is 0 Å². The Labute approximate surface area is 88.5 Å². The molecular weight excluding hydrogens is 196 g/mol. The average Bonchev–Trinajstić information content (AvgIpc) is 2.56. The molecule has 0 aliphatic carbocycles. The number of pyridine rings is 1. The smallest absolute Gasteiger partial charge is 0.137 e. The molecule has 74 valence electrons. The van der Waals surface area contributed by atoms with Crippen molar-refractivity contribution in [2.24, 2.45) is 0 Å². The lowest BCUT2D eigenvalue weighted by atomic mass is 10.1. The van der Waals surface area contributed by atoms with E-state index in [2.05, 4.69) is 23.2 Å². The topological polar surface area (TPSA) is 17.3 Å². The van der Waals surface area contributed by atoms with Gasteiger partial charge >= 0.3 is 0 Å². The molecule has 0 fully saturated rings. The molecule has 2 rings (SSSR count). The third kappa shape index (κ3) is 1.40. The van der Waals surface area contributed by atoms with E-state index in [1.807, 2.05) is 24.4 Å². The summed E-state index contributed by atoms with van der Waals surface area (Å²) in [5, 5.41) is 0. The number of aromatic nitrogens is 2. The van der Waals surface area contributed by atoms with E-state index in [0.717, 1.165) is 17.0 Å². The summed E-state index contributed by atoms with van der Waals surface area (Å²) < 4.78 is 2.06. The zero-order chi connectivity index (χ0) is 10.1. The SMILES string of the molecule is CC(C)c1nc2ccccn2c1CCl. The Morgan fingerprint density at radius 3 is 2.86 bits per heavy atom. The van der Waals surface area contributed by atoms with Crippen molar-refractivity contribution in [1.82, 2.24) is 9.38 Å². The zero-order valence-corrected chi connectivity index (χ0v) is 9.12. The van der Waals surface area contributed by atoms with Crippen LogP contribution >= 0.6 is 11.6 Å². The van der Waals surface area contributed by atoms with Crippen molar-refractivity contribution in [2.45, 2.75) is 25.6 Å².